The lowest BCUT2D eigenvalue weighted by atomic mass is 9.77. The van der Waals surface area contributed by atoms with E-state index in [1.807, 2.05) is 0 Å². The Morgan fingerprint density at radius 2 is 1.89 bits per heavy atom. The van der Waals surface area contributed by atoms with E-state index in [1.165, 1.54) is 37.1 Å². The Labute approximate surface area is 110 Å². The average Bonchev–Trinajstić information content (AvgIpc) is 2.74. The highest BCUT2D eigenvalue weighted by molar-refractivity contribution is 5.30. The lowest BCUT2D eigenvalue weighted by Gasteiger charge is -2.41. The van der Waals surface area contributed by atoms with Crippen LogP contribution in [0.1, 0.15) is 37.8 Å². The molecule has 2 aliphatic rings. The molecule has 0 bridgehead atoms. The summed E-state index contributed by atoms with van der Waals surface area (Å²) in [5.41, 5.74) is 3.48. The average molecular weight is 244 g/mol. The fourth-order valence-electron chi connectivity index (χ4n) is 3.37. The molecule has 2 aliphatic heterocycles. The molecule has 1 saturated heterocycles. The predicted molar refractivity (Wildman–Crippen MR) is 75.4 cm³/mol. The van der Waals surface area contributed by atoms with Crippen molar-refractivity contribution in [2.75, 3.05) is 13.1 Å². The SMILES string of the molecule is CC1(C)CCCNC1CN1Cc2ccccc2C1. The lowest BCUT2D eigenvalue weighted by Crippen LogP contribution is -2.52. The van der Waals surface area contributed by atoms with Gasteiger partial charge < -0.3 is 5.32 Å². The number of rotatable bonds is 2. The first-order chi connectivity index (χ1) is 8.65. The van der Waals surface area contributed by atoms with Crippen molar-refractivity contribution >= 4 is 0 Å². The van der Waals surface area contributed by atoms with E-state index in [2.05, 4.69) is 48.3 Å². The highest BCUT2D eigenvalue weighted by atomic mass is 15.2. The van der Waals surface area contributed by atoms with E-state index in [4.69, 9.17) is 0 Å². The van der Waals surface area contributed by atoms with E-state index in [0.29, 0.717) is 11.5 Å². The highest BCUT2D eigenvalue weighted by Gasteiger charge is 2.34. The van der Waals surface area contributed by atoms with Gasteiger partial charge in [-0.15, -0.1) is 0 Å². The summed E-state index contributed by atoms with van der Waals surface area (Å²) in [6.07, 6.45) is 2.68. The normalized spacial score (nSPS) is 27.1. The lowest BCUT2D eigenvalue weighted by molar-refractivity contribution is 0.126. The molecule has 0 amide bonds. The number of benzene rings is 1. The van der Waals surface area contributed by atoms with E-state index in [0.717, 1.165) is 13.1 Å². The molecule has 1 atom stereocenters. The Kier molecular flexibility index (Phi) is 3.16. The molecule has 98 valence electrons. The molecular formula is C16H24N2. The number of nitrogens with zero attached hydrogens (tertiary/aromatic N) is 1. The minimum absolute atomic E-state index is 0.438. The Morgan fingerprint density at radius 1 is 1.22 bits per heavy atom. The van der Waals surface area contributed by atoms with Crippen LogP contribution in [0.5, 0.6) is 0 Å². The zero-order valence-electron chi connectivity index (χ0n) is 11.6. The third-order valence-corrected chi connectivity index (χ3v) is 4.68. The summed E-state index contributed by atoms with van der Waals surface area (Å²) in [6, 6.07) is 9.50. The molecule has 1 aromatic rings. The first-order valence-corrected chi connectivity index (χ1v) is 7.18. The maximum absolute atomic E-state index is 3.72. The zero-order chi connectivity index (χ0) is 12.6. The summed E-state index contributed by atoms with van der Waals surface area (Å²) in [6.45, 7) is 9.45. The van der Waals surface area contributed by atoms with Crippen LogP contribution in [0.25, 0.3) is 0 Å². The molecule has 1 unspecified atom stereocenters. The van der Waals surface area contributed by atoms with Gasteiger partial charge in [0, 0.05) is 25.7 Å². The molecular weight excluding hydrogens is 220 g/mol. The van der Waals surface area contributed by atoms with Crippen molar-refractivity contribution in [3.05, 3.63) is 35.4 Å². The molecule has 0 aromatic heterocycles. The molecule has 0 saturated carbocycles. The van der Waals surface area contributed by atoms with Gasteiger partial charge in [-0.05, 0) is 35.9 Å². The number of fused-ring (bicyclic) bond motifs is 1. The molecule has 0 radical (unpaired) electrons. The molecule has 1 fully saturated rings. The van der Waals surface area contributed by atoms with Crippen molar-refractivity contribution in [2.45, 2.75) is 45.8 Å². The molecule has 0 spiro atoms. The van der Waals surface area contributed by atoms with E-state index in [9.17, 15) is 0 Å². The van der Waals surface area contributed by atoms with Crippen LogP contribution in [-0.4, -0.2) is 24.0 Å². The largest absolute Gasteiger partial charge is 0.312 e. The Bertz CT molecular complexity index is 400. The maximum atomic E-state index is 3.72. The van der Waals surface area contributed by atoms with Crippen LogP contribution >= 0.6 is 0 Å². The Hall–Kier alpha value is -0.860. The van der Waals surface area contributed by atoms with Crippen LogP contribution in [0.4, 0.5) is 0 Å². The van der Waals surface area contributed by atoms with E-state index in [-0.39, 0.29) is 0 Å². The predicted octanol–water partition coefficient (Wildman–Crippen LogP) is 2.78. The van der Waals surface area contributed by atoms with Crippen LogP contribution in [0.15, 0.2) is 24.3 Å². The van der Waals surface area contributed by atoms with Crippen LogP contribution in [0, 0.1) is 5.41 Å². The van der Waals surface area contributed by atoms with Gasteiger partial charge in [0.15, 0.2) is 0 Å². The molecule has 1 aromatic carbocycles. The van der Waals surface area contributed by atoms with Crippen molar-refractivity contribution in [1.29, 1.82) is 0 Å². The minimum Gasteiger partial charge on any atom is -0.312 e. The van der Waals surface area contributed by atoms with Crippen molar-refractivity contribution in [3.63, 3.8) is 0 Å². The van der Waals surface area contributed by atoms with Gasteiger partial charge in [0.2, 0.25) is 0 Å². The highest BCUT2D eigenvalue weighted by Crippen LogP contribution is 2.32. The second-order valence-corrected chi connectivity index (χ2v) is 6.54. The number of hydrogen-bond acceptors (Lipinski definition) is 2. The topological polar surface area (TPSA) is 15.3 Å². The molecule has 2 nitrogen and oxygen atoms in total. The number of piperidine rings is 1. The first kappa shape index (κ1) is 12.2. The summed E-state index contributed by atoms with van der Waals surface area (Å²) in [5.74, 6) is 0. The first-order valence-electron chi connectivity index (χ1n) is 7.18. The van der Waals surface area contributed by atoms with Crippen LogP contribution in [0.2, 0.25) is 0 Å². The maximum Gasteiger partial charge on any atom is 0.0246 e. The quantitative estimate of drug-likeness (QED) is 0.860. The van der Waals surface area contributed by atoms with Gasteiger partial charge in [-0.1, -0.05) is 38.1 Å². The van der Waals surface area contributed by atoms with E-state index >= 15 is 0 Å². The molecule has 3 rings (SSSR count). The van der Waals surface area contributed by atoms with Crippen LogP contribution < -0.4 is 5.32 Å². The molecule has 2 heteroatoms. The Morgan fingerprint density at radius 3 is 2.50 bits per heavy atom. The van der Waals surface area contributed by atoms with E-state index in [1.54, 1.807) is 0 Å². The Balaban J connectivity index is 1.65. The minimum atomic E-state index is 0.438. The summed E-state index contributed by atoms with van der Waals surface area (Å²) in [4.78, 5) is 2.59. The smallest absolute Gasteiger partial charge is 0.0246 e. The third-order valence-electron chi connectivity index (χ3n) is 4.68. The molecule has 2 heterocycles. The number of hydrogen-bond donors (Lipinski definition) is 1. The fourth-order valence-corrected chi connectivity index (χ4v) is 3.37. The van der Waals surface area contributed by atoms with E-state index < -0.39 is 0 Å². The van der Waals surface area contributed by atoms with Crippen molar-refractivity contribution < 1.29 is 0 Å². The summed E-state index contributed by atoms with van der Waals surface area (Å²) < 4.78 is 0. The van der Waals surface area contributed by atoms with Crippen molar-refractivity contribution in [2.24, 2.45) is 5.41 Å². The van der Waals surface area contributed by atoms with Gasteiger partial charge in [-0.2, -0.15) is 0 Å². The molecule has 18 heavy (non-hydrogen) atoms. The molecule has 0 aliphatic carbocycles. The summed E-state index contributed by atoms with van der Waals surface area (Å²) >= 11 is 0. The van der Waals surface area contributed by atoms with Crippen molar-refractivity contribution in [3.8, 4) is 0 Å². The second-order valence-electron chi connectivity index (χ2n) is 6.54. The summed E-state index contributed by atoms with van der Waals surface area (Å²) in [5, 5.41) is 3.72. The van der Waals surface area contributed by atoms with Gasteiger partial charge in [-0.25, -0.2) is 0 Å². The van der Waals surface area contributed by atoms with Crippen LogP contribution in [0.3, 0.4) is 0 Å². The molecule has 1 N–H and O–H groups in total. The number of nitrogens with one attached hydrogen (secondary N) is 1. The third kappa shape index (κ3) is 2.32. The van der Waals surface area contributed by atoms with Gasteiger partial charge in [0.05, 0.1) is 0 Å². The fraction of sp³-hybridized carbons (Fsp3) is 0.625. The summed E-state index contributed by atoms with van der Waals surface area (Å²) in [7, 11) is 0. The zero-order valence-corrected chi connectivity index (χ0v) is 11.6. The standard InChI is InChI=1S/C16H24N2/c1-16(2)8-5-9-17-15(16)12-18-10-13-6-3-4-7-14(13)11-18/h3-4,6-7,15,17H,5,8-12H2,1-2H3. The van der Waals surface area contributed by atoms with Gasteiger partial charge in [-0.3, -0.25) is 4.90 Å². The van der Waals surface area contributed by atoms with Crippen molar-refractivity contribution in [1.82, 2.24) is 10.2 Å². The van der Waals surface area contributed by atoms with Crippen LogP contribution in [-0.2, 0) is 13.1 Å². The van der Waals surface area contributed by atoms with Gasteiger partial charge in [0.1, 0.15) is 0 Å². The van der Waals surface area contributed by atoms with Gasteiger partial charge in [0.25, 0.3) is 0 Å². The van der Waals surface area contributed by atoms with Gasteiger partial charge >= 0.3 is 0 Å². The second kappa shape index (κ2) is 4.67. The monoisotopic (exact) mass is 244 g/mol.